The molecular weight excluding hydrogens is 174 g/mol. The van der Waals surface area contributed by atoms with Crippen molar-refractivity contribution in [2.24, 2.45) is 17.6 Å². The van der Waals surface area contributed by atoms with Gasteiger partial charge < -0.3 is 10.5 Å². The van der Waals surface area contributed by atoms with E-state index in [9.17, 15) is 0 Å². The summed E-state index contributed by atoms with van der Waals surface area (Å²) in [6.45, 7) is 7.20. The summed E-state index contributed by atoms with van der Waals surface area (Å²) in [6, 6.07) is 0.250. The molecule has 0 aliphatic heterocycles. The fourth-order valence-electron chi connectivity index (χ4n) is 2.31. The van der Waals surface area contributed by atoms with E-state index in [1.165, 1.54) is 25.7 Å². The summed E-state index contributed by atoms with van der Waals surface area (Å²) in [5, 5.41) is 0. The monoisotopic (exact) mass is 199 g/mol. The first-order valence-corrected chi connectivity index (χ1v) is 5.96. The van der Waals surface area contributed by atoms with Gasteiger partial charge in [-0.3, -0.25) is 0 Å². The Kier molecular flexibility index (Phi) is 4.90. The highest BCUT2D eigenvalue weighted by Crippen LogP contribution is 2.30. The molecule has 0 spiro atoms. The van der Waals surface area contributed by atoms with Gasteiger partial charge in [0.15, 0.2) is 0 Å². The van der Waals surface area contributed by atoms with Gasteiger partial charge in [0, 0.05) is 6.04 Å². The third kappa shape index (κ3) is 3.97. The lowest BCUT2D eigenvalue weighted by Crippen LogP contribution is -2.37. The van der Waals surface area contributed by atoms with Crippen LogP contribution in [0.25, 0.3) is 0 Å². The minimum Gasteiger partial charge on any atom is -0.377 e. The van der Waals surface area contributed by atoms with Crippen molar-refractivity contribution in [2.45, 2.75) is 58.6 Å². The Bertz CT molecular complexity index is 158. The molecule has 0 amide bonds. The van der Waals surface area contributed by atoms with Crippen LogP contribution in [0.2, 0.25) is 0 Å². The molecule has 1 saturated carbocycles. The van der Waals surface area contributed by atoms with Gasteiger partial charge in [-0.1, -0.05) is 19.8 Å². The van der Waals surface area contributed by atoms with Crippen LogP contribution in [-0.2, 0) is 4.74 Å². The van der Waals surface area contributed by atoms with E-state index >= 15 is 0 Å². The molecule has 2 N–H and O–H groups in total. The van der Waals surface area contributed by atoms with E-state index in [-0.39, 0.29) is 6.04 Å². The standard InChI is InChI=1S/C12H25NO/c1-9(2)14-8-12(13)11-6-4-5-10(3)7-11/h9-12H,4-8,13H2,1-3H3. The summed E-state index contributed by atoms with van der Waals surface area (Å²) < 4.78 is 5.57. The van der Waals surface area contributed by atoms with Crippen molar-refractivity contribution in [1.82, 2.24) is 0 Å². The average Bonchev–Trinajstić information content (AvgIpc) is 2.14. The van der Waals surface area contributed by atoms with E-state index in [4.69, 9.17) is 10.5 Å². The lowest BCUT2D eigenvalue weighted by molar-refractivity contribution is 0.0497. The van der Waals surface area contributed by atoms with E-state index in [0.29, 0.717) is 12.0 Å². The molecule has 84 valence electrons. The van der Waals surface area contributed by atoms with Gasteiger partial charge in [-0.05, 0) is 38.5 Å². The van der Waals surface area contributed by atoms with Crippen LogP contribution in [0.5, 0.6) is 0 Å². The van der Waals surface area contributed by atoms with Gasteiger partial charge in [0.05, 0.1) is 12.7 Å². The SMILES string of the molecule is CC1CCCC(C(N)COC(C)C)C1. The van der Waals surface area contributed by atoms with Crippen molar-refractivity contribution >= 4 is 0 Å². The molecule has 2 nitrogen and oxygen atoms in total. The molecule has 3 unspecified atom stereocenters. The molecule has 0 aromatic heterocycles. The fourth-order valence-corrected chi connectivity index (χ4v) is 2.31. The van der Waals surface area contributed by atoms with Crippen LogP contribution in [0.1, 0.15) is 46.5 Å². The molecule has 0 aromatic carbocycles. The lowest BCUT2D eigenvalue weighted by atomic mass is 9.79. The Morgan fingerprint density at radius 1 is 1.36 bits per heavy atom. The molecule has 2 heteroatoms. The Labute approximate surface area is 88.2 Å². The maximum Gasteiger partial charge on any atom is 0.0623 e. The topological polar surface area (TPSA) is 35.2 Å². The van der Waals surface area contributed by atoms with Crippen LogP contribution in [0, 0.1) is 11.8 Å². The van der Waals surface area contributed by atoms with E-state index in [1.807, 2.05) is 0 Å². The quantitative estimate of drug-likeness (QED) is 0.755. The van der Waals surface area contributed by atoms with Gasteiger partial charge in [0.25, 0.3) is 0 Å². The maximum atomic E-state index is 6.13. The average molecular weight is 199 g/mol. The number of hydrogen-bond acceptors (Lipinski definition) is 2. The molecular formula is C12H25NO. The van der Waals surface area contributed by atoms with Gasteiger partial charge in [-0.25, -0.2) is 0 Å². The molecule has 0 bridgehead atoms. The molecule has 0 radical (unpaired) electrons. The summed E-state index contributed by atoms with van der Waals surface area (Å²) in [5.74, 6) is 1.55. The van der Waals surface area contributed by atoms with Crippen molar-refractivity contribution in [3.63, 3.8) is 0 Å². The first-order chi connectivity index (χ1) is 6.59. The third-order valence-electron chi connectivity index (χ3n) is 3.20. The summed E-state index contributed by atoms with van der Waals surface area (Å²) >= 11 is 0. The van der Waals surface area contributed by atoms with Crippen LogP contribution < -0.4 is 5.73 Å². The number of nitrogens with two attached hydrogens (primary N) is 1. The summed E-state index contributed by atoms with van der Waals surface area (Å²) in [6.07, 6.45) is 5.63. The fraction of sp³-hybridized carbons (Fsp3) is 1.00. The molecule has 14 heavy (non-hydrogen) atoms. The van der Waals surface area contributed by atoms with E-state index < -0.39 is 0 Å². The highest BCUT2D eigenvalue weighted by molar-refractivity contribution is 4.79. The van der Waals surface area contributed by atoms with Crippen molar-refractivity contribution in [2.75, 3.05) is 6.61 Å². The first-order valence-electron chi connectivity index (χ1n) is 5.96. The highest BCUT2D eigenvalue weighted by atomic mass is 16.5. The van der Waals surface area contributed by atoms with Crippen LogP contribution in [0.15, 0.2) is 0 Å². The zero-order valence-corrected chi connectivity index (χ0v) is 9.83. The Balaban J connectivity index is 2.25. The van der Waals surface area contributed by atoms with Gasteiger partial charge in [-0.2, -0.15) is 0 Å². The van der Waals surface area contributed by atoms with Gasteiger partial charge in [-0.15, -0.1) is 0 Å². The maximum absolute atomic E-state index is 6.13. The second-order valence-electron chi connectivity index (χ2n) is 5.08. The smallest absolute Gasteiger partial charge is 0.0623 e. The normalized spacial score (nSPS) is 30.6. The molecule has 0 aromatic rings. The highest BCUT2D eigenvalue weighted by Gasteiger charge is 2.24. The minimum atomic E-state index is 0.250. The minimum absolute atomic E-state index is 0.250. The second-order valence-corrected chi connectivity index (χ2v) is 5.08. The Hall–Kier alpha value is -0.0800. The molecule has 1 aliphatic rings. The molecule has 1 rings (SSSR count). The number of ether oxygens (including phenoxy) is 1. The predicted molar refractivity (Wildman–Crippen MR) is 60.2 cm³/mol. The zero-order valence-electron chi connectivity index (χ0n) is 9.83. The molecule has 1 aliphatic carbocycles. The largest absolute Gasteiger partial charge is 0.377 e. The van der Waals surface area contributed by atoms with Gasteiger partial charge in [0.1, 0.15) is 0 Å². The lowest BCUT2D eigenvalue weighted by Gasteiger charge is -2.31. The predicted octanol–water partition coefficient (Wildman–Crippen LogP) is 2.57. The van der Waals surface area contributed by atoms with Crippen LogP contribution in [-0.4, -0.2) is 18.8 Å². The zero-order chi connectivity index (χ0) is 10.6. The van der Waals surface area contributed by atoms with Crippen molar-refractivity contribution < 1.29 is 4.74 Å². The van der Waals surface area contributed by atoms with Crippen molar-refractivity contribution in [1.29, 1.82) is 0 Å². The summed E-state index contributed by atoms with van der Waals surface area (Å²) in [4.78, 5) is 0. The number of hydrogen-bond donors (Lipinski definition) is 1. The van der Waals surface area contributed by atoms with Crippen molar-refractivity contribution in [3.05, 3.63) is 0 Å². The number of rotatable bonds is 4. The van der Waals surface area contributed by atoms with E-state index in [1.54, 1.807) is 0 Å². The third-order valence-corrected chi connectivity index (χ3v) is 3.20. The molecule has 0 saturated heterocycles. The van der Waals surface area contributed by atoms with E-state index in [0.717, 1.165) is 12.5 Å². The Morgan fingerprint density at radius 2 is 2.07 bits per heavy atom. The van der Waals surface area contributed by atoms with Gasteiger partial charge in [0.2, 0.25) is 0 Å². The molecule has 3 atom stereocenters. The first kappa shape index (κ1) is 12.0. The van der Waals surface area contributed by atoms with Crippen LogP contribution in [0.3, 0.4) is 0 Å². The van der Waals surface area contributed by atoms with Crippen LogP contribution >= 0.6 is 0 Å². The molecule has 1 fully saturated rings. The molecule has 0 heterocycles. The van der Waals surface area contributed by atoms with Crippen molar-refractivity contribution in [3.8, 4) is 0 Å². The van der Waals surface area contributed by atoms with Crippen LogP contribution in [0.4, 0.5) is 0 Å². The Morgan fingerprint density at radius 3 is 2.64 bits per heavy atom. The summed E-state index contributed by atoms with van der Waals surface area (Å²) in [5.41, 5.74) is 6.13. The van der Waals surface area contributed by atoms with Gasteiger partial charge >= 0.3 is 0 Å². The second kappa shape index (κ2) is 5.72. The van der Waals surface area contributed by atoms with E-state index in [2.05, 4.69) is 20.8 Å². The summed E-state index contributed by atoms with van der Waals surface area (Å²) in [7, 11) is 0.